The summed E-state index contributed by atoms with van der Waals surface area (Å²) in [7, 11) is -4.55. The van der Waals surface area contributed by atoms with Gasteiger partial charge >= 0.3 is 22.2 Å². The lowest BCUT2D eigenvalue weighted by molar-refractivity contribution is -0.438. The SMILES string of the molecule is CC1(C)C(/C=C/C2=C(Cl)C(=C/C=C3/N(CCCCCC(=O)OCCCC(=O)O)c4ccccc4C3(C)C)/CCC2)=[N+](CCCCCC(=O)NS(=O)(=O)O)c2ccccc21. The van der Waals surface area contributed by atoms with Crippen LogP contribution in [0.25, 0.3) is 0 Å². The number of nitrogens with one attached hydrogen (secondary N) is 1. The highest BCUT2D eigenvalue weighted by Gasteiger charge is 2.44. The number of carbonyl (C=O) groups is 3. The van der Waals surface area contributed by atoms with Crippen LogP contribution in [-0.4, -0.2) is 65.9 Å². The molecule has 2 aromatic carbocycles. The van der Waals surface area contributed by atoms with E-state index in [0.717, 1.165) is 79.2 Å². The molecule has 3 N–H and O–H groups in total. The Kier molecular flexibility index (Phi) is 15.6. The summed E-state index contributed by atoms with van der Waals surface area (Å²) >= 11 is 7.24. The van der Waals surface area contributed by atoms with Gasteiger partial charge in [-0.3, -0.25) is 18.9 Å². The Labute approximate surface area is 354 Å². The first kappa shape index (κ1) is 45.6. The molecule has 0 fully saturated rings. The molecule has 5 rings (SSSR count). The van der Waals surface area contributed by atoms with Crippen molar-refractivity contribution in [3.8, 4) is 0 Å². The average Bonchev–Trinajstić information content (AvgIpc) is 3.52. The molecule has 0 aromatic heterocycles. The fourth-order valence-electron chi connectivity index (χ4n) is 8.46. The lowest BCUT2D eigenvalue weighted by Crippen LogP contribution is -2.29. The van der Waals surface area contributed by atoms with E-state index < -0.39 is 22.2 Å². The smallest absolute Gasteiger partial charge is 0.359 e. The molecule has 59 heavy (non-hydrogen) atoms. The van der Waals surface area contributed by atoms with Gasteiger partial charge in [0.25, 0.3) is 0 Å². The molecule has 2 heterocycles. The molecular formula is C46H59ClN3O8S+. The number of carboxylic acids is 1. The highest BCUT2D eigenvalue weighted by molar-refractivity contribution is 7.84. The van der Waals surface area contributed by atoms with Crippen LogP contribution in [0, 0.1) is 0 Å². The van der Waals surface area contributed by atoms with E-state index in [-0.39, 0.29) is 36.2 Å². The van der Waals surface area contributed by atoms with Crippen molar-refractivity contribution in [3.05, 3.63) is 106 Å². The van der Waals surface area contributed by atoms with Crippen LogP contribution in [-0.2, 0) is 40.3 Å². The average molecular weight is 850 g/mol. The van der Waals surface area contributed by atoms with E-state index in [1.165, 1.54) is 22.5 Å². The summed E-state index contributed by atoms with van der Waals surface area (Å²) in [6, 6.07) is 16.9. The zero-order valence-corrected chi connectivity index (χ0v) is 36.3. The number of fused-ring (bicyclic) bond motifs is 2. The lowest BCUT2D eigenvalue weighted by atomic mass is 9.81. The highest BCUT2D eigenvalue weighted by atomic mass is 35.5. The molecule has 13 heteroatoms. The van der Waals surface area contributed by atoms with Gasteiger partial charge in [-0.05, 0) is 94.1 Å². The van der Waals surface area contributed by atoms with Crippen molar-refractivity contribution in [1.82, 2.24) is 4.72 Å². The van der Waals surface area contributed by atoms with Crippen molar-refractivity contribution < 1.29 is 41.8 Å². The van der Waals surface area contributed by atoms with Crippen LogP contribution in [0.1, 0.15) is 122 Å². The maximum Gasteiger partial charge on any atom is 0.359 e. The molecule has 0 atom stereocenters. The number of nitrogens with zero attached hydrogens (tertiary/aromatic N) is 2. The number of allylic oxidation sites excluding steroid dienone is 8. The van der Waals surface area contributed by atoms with Crippen molar-refractivity contribution in [2.75, 3.05) is 24.6 Å². The van der Waals surface area contributed by atoms with Crippen LogP contribution in [0.3, 0.4) is 0 Å². The predicted molar refractivity (Wildman–Crippen MR) is 233 cm³/mol. The van der Waals surface area contributed by atoms with Crippen LogP contribution in [0.15, 0.2) is 94.7 Å². The normalized spacial score (nSPS) is 18.5. The van der Waals surface area contributed by atoms with Gasteiger partial charge in [-0.25, -0.2) is 4.72 Å². The summed E-state index contributed by atoms with van der Waals surface area (Å²) in [5, 5.41) is 9.56. The van der Waals surface area contributed by atoms with E-state index in [4.69, 9.17) is 26.0 Å². The van der Waals surface area contributed by atoms with Crippen LogP contribution in [0.5, 0.6) is 0 Å². The quantitative estimate of drug-likeness (QED) is 0.0512. The fraction of sp³-hybridized carbons (Fsp3) is 0.478. The Hall–Kier alpha value is -4.52. The number of esters is 1. The van der Waals surface area contributed by atoms with E-state index in [1.807, 2.05) is 6.07 Å². The first-order valence-electron chi connectivity index (χ1n) is 20.8. The van der Waals surface area contributed by atoms with E-state index in [1.54, 1.807) is 4.72 Å². The third-order valence-corrected chi connectivity index (χ3v) is 12.5. The second-order valence-corrected chi connectivity index (χ2v) is 18.1. The summed E-state index contributed by atoms with van der Waals surface area (Å²) in [6.45, 7) is 10.6. The Bertz CT molecular complexity index is 2170. The number of carboxylic acid groups (broad SMARTS) is 1. The minimum Gasteiger partial charge on any atom is -0.481 e. The molecule has 0 bridgehead atoms. The van der Waals surface area contributed by atoms with E-state index in [9.17, 15) is 22.8 Å². The Morgan fingerprint density at radius 1 is 0.847 bits per heavy atom. The van der Waals surface area contributed by atoms with Gasteiger partial charge in [0.2, 0.25) is 11.6 Å². The van der Waals surface area contributed by atoms with Crippen LogP contribution >= 0.6 is 11.6 Å². The zero-order valence-electron chi connectivity index (χ0n) is 34.8. The number of benzene rings is 2. The number of para-hydroxylation sites is 2. The van der Waals surface area contributed by atoms with E-state index >= 15 is 0 Å². The maximum absolute atomic E-state index is 12.1. The molecule has 1 amide bonds. The standard InChI is InChI=1S/C46H58ClN3O8S/c1-45(2)35-19-9-11-21-37(35)49(30-13-5-7-23-41(51)48-59(55,56)57)39(45)28-26-33-17-15-18-34(44(33)47)27-29-40-46(3,4)36-20-10-12-22-38(36)50(40)31-14-6-8-25-43(54)58-32-16-24-42(52)53/h9-12,19-22,26-29H,5-8,13-18,23-25,30-32H2,1-4H3,(H2-,48,51,52,53,55,56,57)/p+1. The summed E-state index contributed by atoms with van der Waals surface area (Å²) in [5.41, 5.74) is 8.92. The number of hydrogen-bond donors (Lipinski definition) is 3. The predicted octanol–water partition coefficient (Wildman–Crippen LogP) is 9.35. The molecule has 3 aliphatic rings. The molecule has 1 aliphatic carbocycles. The van der Waals surface area contributed by atoms with Crippen LogP contribution in [0.2, 0.25) is 0 Å². The number of ether oxygens (including phenoxy) is 1. The first-order valence-corrected chi connectivity index (χ1v) is 22.6. The maximum atomic E-state index is 12.1. The summed E-state index contributed by atoms with van der Waals surface area (Å²) in [4.78, 5) is 37.1. The third-order valence-electron chi connectivity index (χ3n) is 11.5. The number of rotatable bonds is 20. The van der Waals surface area contributed by atoms with Crippen LogP contribution in [0.4, 0.5) is 11.4 Å². The van der Waals surface area contributed by atoms with Gasteiger partial charge in [-0.15, -0.1) is 0 Å². The minimum atomic E-state index is -4.55. The molecule has 0 spiro atoms. The van der Waals surface area contributed by atoms with E-state index in [0.29, 0.717) is 32.1 Å². The number of unbranched alkanes of at least 4 members (excludes halogenated alkanes) is 4. The Morgan fingerprint density at radius 3 is 2.29 bits per heavy atom. The fourth-order valence-corrected chi connectivity index (χ4v) is 9.16. The zero-order chi connectivity index (χ0) is 42.8. The molecule has 0 radical (unpaired) electrons. The first-order chi connectivity index (χ1) is 28.0. The topological polar surface area (TPSA) is 153 Å². The number of aliphatic carboxylic acids is 1. The van der Waals surface area contributed by atoms with Crippen molar-refractivity contribution in [1.29, 1.82) is 0 Å². The summed E-state index contributed by atoms with van der Waals surface area (Å²) in [6.07, 6.45) is 16.6. The second kappa shape index (κ2) is 20.2. The van der Waals surface area contributed by atoms with Gasteiger partial charge in [-0.2, -0.15) is 13.0 Å². The van der Waals surface area contributed by atoms with Crippen molar-refractivity contribution in [2.24, 2.45) is 0 Å². The number of carbonyl (C=O) groups excluding carboxylic acids is 2. The number of anilines is 1. The summed E-state index contributed by atoms with van der Waals surface area (Å²) < 4.78 is 39.9. The van der Waals surface area contributed by atoms with Crippen LogP contribution < -0.4 is 9.62 Å². The molecule has 2 aromatic rings. The van der Waals surface area contributed by atoms with Gasteiger partial charge < -0.3 is 14.7 Å². The van der Waals surface area contributed by atoms with Crippen molar-refractivity contribution >= 4 is 56.8 Å². The van der Waals surface area contributed by atoms with Gasteiger partial charge in [0.1, 0.15) is 6.54 Å². The third kappa shape index (κ3) is 11.8. The molecule has 11 nitrogen and oxygen atoms in total. The molecule has 0 saturated carbocycles. The highest BCUT2D eigenvalue weighted by Crippen LogP contribution is 2.48. The lowest BCUT2D eigenvalue weighted by Gasteiger charge is -2.27. The number of amides is 1. The van der Waals surface area contributed by atoms with Crippen molar-refractivity contribution in [3.63, 3.8) is 0 Å². The molecule has 2 aliphatic heterocycles. The number of halogens is 1. The number of hydrogen-bond acceptors (Lipinski definition) is 7. The minimum absolute atomic E-state index is 0.0104. The molecular weight excluding hydrogens is 790 g/mol. The van der Waals surface area contributed by atoms with Gasteiger partial charge in [0.15, 0.2) is 5.71 Å². The van der Waals surface area contributed by atoms with Gasteiger partial charge in [-0.1, -0.05) is 80.4 Å². The Balaban J connectivity index is 1.30. The molecule has 0 saturated heterocycles. The second-order valence-electron chi connectivity index (χ2n) is 16.6. The molecule has 318 valence electrons. The van der Waals surface area contributed by atoms with E-state index in [2.05, 4.69) is 104 Å². The van der Waals surface area contributed by atoms with Gasteiger partial charge in [0.05, 0.1) is 12.0 Å². The van der Waals surface area contributed by atoms with Crippen molar-refractivity contribution in [2.45, 2.75) is 122 Å². The monoisotopic (exact) mass is 848 g/mol. The molecule has 0 unspecified atom stereocenters. The largest absolute Gasteiger partial charge is 0.481 e. The Morgan fingerprint density at radius 2 is 1.54 bits per heavy atom. The van der Waals surface area contributed by atoms with Gasteiger partial charge in [0, 0.05) is 71.8 Å². The summed E-state index contributed by atoms with van der Waals surface area (Å²) in [5.74, 6) is -1.90.